The van der Waals surface area contributed by atoms with Crippen molar-refractivity contribution in [2.45, 2.75) is 6.92 Å². The Balaban J connectivity index is 1.58. The average molecular weight is 418 g/mol. The number of halogens is 1. The van der Waals surface area contributed by atoms with Crippen molar-refractivity contribution in [3.8, 4) is 0 Å². The lowest BCUT2D eigenvalue weighted by Gasteiger charge is -2.11. The van der Waals surface area contributed by atoms with Gasteiger partial charge in [-0.25, -0.2) is 19.2 Å². The van der Waals surface area contributed by atoms with Crippen LogP contribution in [-0.4, -0.2) is 26.3 Å². The van der Waals surface area contributed by atoms with Crippen LogP contribution in [-0.2, 0) is 7.05 Å². The van der Waals surface area contributed by atoms with Gasteiger partial charge in [0.15, 0.2) is 5.78 Å². The van der Waals surface area contributed by atoms with Crippen LogP contribution in [0, 0.1) is 12.7 Å². The van der Waals surface area contributed by atoms with Crippen molar-refractivity contribution in [3.05, 3.63) is 77.5 Å². The highest BCUT2D eigenvalue weighted by Gasteiger charge is 2.19. The van der Waals surface area contributed by atoms with E-state index in [1.165, 1.54) is 18.5 Å². The number of anilines is 3. The Hall–Kier alpha value is -4.27. The lowest BCUT2D eigenvalue weighted by Crippen LogP contribution is -2.20. The Morgan fingerprint density at radius 3 is 2.71 bits per heavy atom. The first-order valence-corrected chi connectivity index (χ1v) is 9.38. The molecule has 0 atom stereocenters. The van der Waals surface area contributed by atoms with Crippen molar-refractivity contribution in [3.63, 3.8) is 0 Å². The number of benzene rings is 2. The van der Waals surface area contributed by atoms with Gasteiger partial charge in [-0.1, -0.05) is 18.2 Å². The number of ketones is 1. The van der Waals surface area contributed by atoms with E-state index >= 15 is 0 Å². The molecule has 4 aromatic rings. The monoisotopic (exact) mass is 418 g/mol. The molecule has 0 aliphatic heterocycles. The van der Waals surface area contributed by atoms with Gasteiger partial charge < -0.3 is 20.9 Å². The predicted octanol–water partition coefficient (Wildman–Crippen LogP) is 3.87. The van der Waals surface area contributed by atoms with Crippen molar-refractivity contribution >= 4 is 40.0 Å². The van der Waals surface area contributed by atoms with Crippen LogP contribution in [0.15, 0.2) is 55.0 Å². The summed E-state index contributed by atoms with van der Waals surface area (Å²) in [6, 6.07) is 10.1. The van der Waals surface area contributed by atoms with Crippen LogP contribution in [0.4, 0.5) is 26.4 Å². The van der Waals surface area contributed by atoms with Crippen LogP contribution in [0.3, 0.4) is 0 Å². The minimum absolute atomic E-state index is 0.216. The summed E-state index contributed by atoms with van der Waals surface area (Å²) in [5, 5.41) is 5.74. The molecule has 0 unspecified atom stereocenters. The molecule has 0 aliphatic carbocycles. The van der Waals surface area contributed by atoms with E-state index in [9.17, 15) is 14.0 Å². The van der Waals surface area contributed by atoms with Crippen LogP contribution < -0.4 is 16.4 Å². The van der Waals surface area contributed by atoms with Gasteiger partial charge in [0.05, 0.1) is 10.9 Å². The molecule has 9 heteroatoms. The van der Waals surface area contributed by atoms with Crippen molar-refractivity contribution in [1.82, 2.24) is 14.5 Å². The first-order valence-electron chi connectivity index (χ1n) is 9.38. The first-order chi connectivity index (χ1) is 14.8. The van der Waals surface area contributed by atoms with Crippen molar-refractivity contribution in [1.29, 1.82) is 0 Å². The number of amides is 2. The molecule has 0 fully saturated rings. The van der Waals surface area contributed by atoms with Gasteiger partial charge >= 0.3 is 6.03 Å². The van der Waals surface area contributed by atoms with Gasteiger partial charge in [0.25, 0.3) is 0 Å². The van der Waals surface area contributed by atoms with E-state index < -0.39 is 11.8 Å². The summed E-state index contributed by atoms with van der Waals surface area (Å²) in [5.74, 6) is -0.517. The van der Waals surface area contributed by atoms with Crippen LogP contribution >= 0.6 is 0 Å². The van der Waals surface area contributed by atoms with E-state index in [0.717, 1.165) is 5.56 Å². The Kier molecular flexibility index (Phi) is 5.08. The van der Waals surface area contributed by atoms with Gasteiger partial charge in [-0.2, -0.15) is 0 Å². The van der Waals surface area contributed by atoms with E-state index in [-0.39, 0.29) is 11.6 Å². The molecule has 8 nitrogen and oxygen atoms in total. The third kappa shape index (κ3) is 3.93. The molecule has 2 amide bonds. The Morgan fingerprint density at radius 2 is 1.90 bits per heavy atom. The maximum absolute atomic E-state index is 13.4. The quantitative estimate of drug-likeness (QED) is 0.435. The number of carbonyl (C=O) groups excluding carboxylic acids is 2. The van der Waals surface area contributed by atoms with Crippen molar-refractivity contribution in [2.75, 3.05) is 16.4 Å². The minimum Gasteiger partial charge on any atom is -0.383 e. The number of nitrogens with one attached hydrogen (secondary N) is 2. The largest absolute Gasteiger partial charge is 0.383 e. The number of nitrogens with zero attached hydrogens (tertiary/aromatic N) is 3. The molecule has 156 valence electrons. The minimum atomic E-state index is -0.555. The lowest BCUT2D eigenvalue weighted by molar-refractivity contribution is 0.104. The number of nitrogen functional groups attached to an aromatic ring is 1. The van der Waals surface area contributed by atoms with Gasteiger partial charge in [0.1, 0.15) is 23.6 Å². The molecule has 31 heavy (non-hydrogen) atoms. The SMILES string of the molecule is Cc1ccc(F)cc1NC(=O)Nc1cccc(C(=O)c2cn(C)c3ncnc(N)c23)c1. The number of aryl methyl sites for hydroxylation is 2. The molecule has 0 saturated heterocycles. The zero-order chi connectivity index (χ0) is 22.1. The second-order valence-corrected chi connectivity index (χ2v) is 7.06. The van der Waals surface area contributed by atoms with E-state index in [1.807, 2.05) is 0 Å². The van der Waals surface area contributed by atoms with Crippen LogP contribution in [0.2, 0.25) is 0 Å². The van der Waals surface area contributed by atoms with Gasteiger partial charge in [0, 0.05) is 30.2 Å². The summed E-state index contributed by atoms with van der Waals surface area (Å²) in [5.41, 5.74) is 8.73. The summed E-state index contributed by atoms with van der Waals surface area (Å²) in [7, 11) is 1.77. The first kappa shape index (κ1) is 20.0. The number of urea groups is 1. The molecule has 2 aromatic heterocycles. The van der Waals surface area contributed by atoms with Crippen LogP contribution in [0.1, 0.15) is 21.5 Å². The number of nitrogens with two attached hydrogens (primary N) is 1. The molecular weight excluding hydrogens is 399 g/mol. The van der Waals surface area contributed by atoms with Crippen LogP contribution in [0.25, 0.3) is 11.0 Å². The van der Waals surface area contributed by atoms with Gasteiger partial charge in [-0.15, -0.1) is 0 Å². The summed E-state index contributed by atoms with van der Waals surface area (Å²) in [6.45, 7) is 1.76. The Labute approximate surface area is 176 Å². The third-order valence-electron chi connectivity index (χ3n) is 4.86. The molecule has 0 bridgehead atoms. The van der Waals surface area contributed by atoms with Gasteiger partial charge in [0.2, 0.25) is 0 Å². The lowest BCUT2D eigenvalue weighted by atomic mass is 10.0. The number of hydrogen-bond donors (Lipinski definition) is 3. The molecule has 2 aromatic carbocycles. The second-order valence-electron chi connectivity index (χ2n) is 7.06. The normalized spacial score (nSPS) is 10.8. The summed E-state index contributed by atoms with van der Waals surface area (Å²) >= 11 is 0. The van der Waals surface area contributed by atoms with E-state index in [4.69, 9.17) is 5.73 Å². The van der Waals surface area contributed by atoms with Crippen LogP contribution in [0.5, 0.6) is 0 Å². The average Bonchev–Trinajstić information content (AvgIpc) is 3.08. The molecule has 4 rings (SSSR count). The predicted molar refractivity (Wildman–Crippen MR) is 117 cm³/mol. The Morgan fingerprint density at radius 1 is 1.10 bits per heavy atom. The van der Waals surface area contributed by atoms with E-state index in [0.29, 0.717) is 33.5 Å². The van der Waals surface area contributed by atoms with Gasteiger partial charge in [-0.3, -0.25) is 4.79 Å². The topological polar surface area (TPSA) is 115 Å². The van der Waals surface area contributed by atoms with Gasteiger partial charge in [-0.05, 0) is 36.8 Å². The standard InChI is InChI=1S/C22H19FN6O2/c1-12-6-7-14(23)9-17(12)28-22(31)27-15-5-3-4-13(8-15)19(30)16-10-29(2)21-18(16)20(24)25-11-26-21/h3-11H,1-2H3,(H2,24,25,26)(H2,27,28,31). The fourth-order valence-electron chi connectivity index (χ4n) is 3.31. The zero-order valence-electron chi connectivity index (χ0n) is 16.8. The van der Waals surface area contributed by atoms with E-state index in [2.05, 4.69) is 20.6 Å². The summed E-state index contributed by atoms with van der Waals surface area (Å²) in [6.07, 6.45) is 2.99. The molecular formula is C22H19FN6O2. The maximum Gasteiger partial charge on any atom is 0.323 e. The summed E-state index contributed by atoms with van der Waals surface area (Å²) < 4.78 is 15.1. The smallest absolute Gasteiger partial charge is 0.323 e. The molecule has 2 heterocycles. The fourth-order valence-corrected chi connectivity index (χ4v) is 3.31. The number of rotatable bonds is 4. The Bertz CT molecular complexity index is 1330. The highest BCUT2D eigenvalue weighted by atomic mass is 19.1. The van der Waals surface area contributed by atoms with Crippen molar-refractivity contribution in [2.24, 2.45) is 7.05 Å². The zero-order valence-corrected chi connectivity index (χ0v) is 16.8. The number of aromatic nitrogens is 3. The highest BCUT2D eigenvalue weighted by Crippen LogP contribution is 2.26. The number of carbonyl (C=O) groups is 2. The fraction of sp³-hybridized carbons (Fsp3) is 0.0909. The summed E-state index contributed by atoms with van der Waals surface area (Å²) in [4.78, 5) is 33.6. The van der Waals surface area contributed by atoms with E-state index in [1.54, 1.807) is 55.1 Å². The molecule has 0 aliphatic rings. The number of hydrogen-bond acceptors (Lipinski definition) is 5. The number of fused-ring (bicyclic) bond motifs is 1. The van der Waals surface area contributed by atoms with Crippen molar-refractivity contribution < 1.29 is 14.0 Å². The maximum atomic E-state index is 13.4. The third-order valence-corrected chi connectivity index (χ3v) is 4.86. The molecule has 0 radical (unpaired) electrons. The second kappa shape index (κ2) is 7.86. The molecule has 0 spiro atoms. The highest BCUT2D eigenvalue weighted by molar-refractivity contribution is 6.18. The molecule has 4 N–H and O–H groups in total. The molecule has 0 saturated carbocycles.